The number of nitrogens with one attached hydrogen (secondary N) is 1. The van der Waals surface area contributed by atoms with Crippen LogP contribution in [0.2, 0.25) is 0 Å². The van der Waals surface area contributed by atoms with Gasteiger partial charge in [-0.1, -0.05) is 0 Å². The first-order valence-corrected chi connectivity index (χ1v) is 13.3. The summed E-state index contributed by atoms with van der Waals surface area (Å²) in [5.74, 6) is 0.356. The maximum Gasteiger partial charge on any atom is 0.272 e. The molecule has 9 nitrogen and oxygen atoms in total. The van der Waals surface area contributed by atoms with Crippen molar-refractivity contribution in [1.29, 1.82) is 0 Å². The van der Waals surface area contributed by atoms with Gasteiger partial charge < -0.3 is 19.5 Å². The largest absolute Gasteiger partial charge is 0.495 e. The average Bonchev–Trinajstić information content (AvgIpc) is 3.44. The van der Waals surface area contributed by atoms with Crippen LogP contribution >= 0.6 is 11.3 Å². The van der Waals surface area contributed by atoms with Crippen molar-refractivity contribution in [3.8, 4) is 28.4 Å². The number of carbonyl (C=O) groups is 1. The van der Waals surface area contributed by atoms with Crippen LogP contribution in [-0.2, 0) is 21.2 Å². The van der Waals surface area contributed by atoms with Crippen LogP contribution < -0.4 is 14.8 Å². The quantitative estimate of drug-likeness (QED) is 0.550. The molecule has 0 saturated carbocycles. The van der Waals surface area contributed by atoms with Crippen molar-refractivity contribution in [2.45, 2.75) is 43.1 Å². The molecule has 1 amide bonds. The second kappa shape index (κ2) is 8.10. The minimum absolute atomic E-state index is 0.0726. The third kappa shape index (κ3) is 3.58. The number of nitrogens with zero attached hydrogens (tertiary/aromatic N) is 2. The molecule has 1 aromatic carbocycles. The van der Waals surface area contributed by atoms with Crippen LogP contribution in [0.3, 0.4) is 0 Å². The Morgan fingerprint density at radius 3 is 2.68 bits per heavy atom. The second-order valence-corrected chi connectivity index (χ2v) is 12.2. The van der Waals surface area contributed by atoms with E-state index in [2.05, 4.69) is 10.4 Å². The van der Waals surface area contributed by atoms with Crippen LogP contribution in [0.4, 0.5) is 0 Å². The van der Waals surface area contributed by atoms with E-state index in [1.54, 1.807) is 30.7 Å². The van der Waals surface area contributed by atoms with Crippen LogP contribution in [0.1, 0.15) is 36.8 Å². The number of carbonyl (C=O) groups excluding carboxylic acids is 1. The number of fused-ring (bicyclic) bond motifs is 3. The van der Waals surface area contributed by atoms with Gasteiger partial charge in [0.2, 0.25) is 0 Å². The summed E-state index contributed by atoms with van der Waals surface area (Å²) < 4.78 is 44.5. The normalized spacial score (nSPS) is 16.3. The van der Waals surface area contributed by atoms with Gasteiger partial charge in [-0.05, 0) is 38.3 Å². The summed E-state index contributed by atoms with van der Waals surface area (Å²) in [6.45, 7) is 6.14. The van der Waals surface area contributed by atoms with E-state index in [0.29, 0.717) is 35.8 Å². The zero-order valence-electron chi connectivity index (χ0n) is 19.2. The lowest BCUT2D eigenvalue weighted by Gasteiger charge is -2.38. The number of methoxy groups -OCH3 is 1. The predicted octanol–water partition coefficient (Wildman–Crippen LogP) is 3.20. The van der Waals surface area contributed by atoms with E-state index < -0.39 is 20.6 Å². The van der Waals surface area contributed by atoms with Crippen molar-refractivity contribution in [1.82, 2.24) is 15.1 Å². The lowest BCUT2D eigenvalue weighted by Crippen LogP contribution is -2.60. The summed E-state index contributed by atoms with van der Waals surface area (Å²) in [6.07, 6.45) is 0. The van der Waals surface area contributed by atoms with Crippen molar-refractivity contribution in [2.24, 2.45) is 0 Å². The van der Waals surface area contributed by atoms with Crippen LogP contribution in [0.5, 0.6) is 11.5 Å². The van der Waals surface area contributed by atoms with E-state index in [1.807, 2.05) is 23.8 Å². The molecule has 2 aliphatic heterocycles. The highest BCUT2D eigenvalue weighted by Crippen LogP contribution is 2.45. The van der Waals surface area contributed by atoms with Gasteiger partial charge in [-0.3, -0.25) is 4.79 Å². The number of hydrogen-bond acceptors (Lipinski definition) is 8. The van der Waals surface area contributed by atoms with Crippen molar-refractivity contribution in [2.75, 3.05) is 20.3 Å². The Labute approximate surface area is 201 Å². The number of aromatic nitrogens is 2. The molecule has 2 aliphatic rings. The Morgan fingerprint density at radius 2 is 2.09 bits per heavy atom. The summed E-state index contributed by atoms with van der Waals surface area (Å²) in [5.41, 5.74) is 2.33. The molecule has 3 aromatic rings. The molecule has 1 fully saturated rings. The lowest BCUT2D eigenvalue weighted by molar-refractivity contribution is -0.0594. The van der Waals surface area contributed by atoms with E-state index in [-0.39, 0.29) is 28.9 Å². The first kappa shape index (κ1) is 22.9. The van der Waals surface area contributed by atoms with Gasteiger partial charge in [0.25, 0.3) is 5.91 Å². The number of hydrogen-bond donors (Lipinski definition) is 1. The topological polar surface area (TPSA) is 109 Å². The Hall–Kier alpha value is -2.89. The van der Waals surface area contributed by atoms with Gasteiger partial charge in [0.1, 0.15) is 23.0 Å². The molecule has 180 valence electrons. The van der Waals surface area contributed by atoms with Gasteiger partial charge in [0.15, 0.2) is 15.5 Å². The molecule has 1 saturated heterocycles. The Kier molecular flexibility index (Phi) is 5.45. The monoisotopic (exact) mass is 503 g/mol. The van der Waals surface area contributed by atoms with Crippen LogP contribution in [0, 0.1) is 0 Å². The molecule has 2 aromatic heterocycles. The van der Waals surface area contributed by atoms with Crippen LogP contribution in [0.25, 0.3) is 16.9 Å². The predicted molar refractivity (Wildman–Crippen MR) is 127 cm³/mol. The molecule has 0 bridgehead atoms. The average molecular weight is 504 g/mol. The maximum atomic E-state index is 13.2. The first-order valence-electron chi connectivity index (χ1n) is 10.8. The Morgan fingerprint density at radius 1 is 1.32 bits per heavy atom. The number of sulfone groups is 1. The van der Waals surface area contributed by atoms with Crippen LogP contribution in [-0.4, -0.2) is 55.2 Å². The van der Waals surface area contributed by atoms with E-state index in [9.17, 15) is 13.2 Å². The van der Waals surface area contributed by atoms with Gasteiger partial charge >= 0.3 is 0 Å². The first-order chi connectivity index (χ1) is 16.1. The van der Waals surface area contributed by atoms with Crippen molar-refractivity contribution >= 4 is 27.1 Å². The number of thiophene rings is 1. The van der Waals surface area contributed by atoms with Gasteiger partial charge in [-0.2, -0.15) is 16.4 Å². The van der Waals surface area contributed by atoms with E-state index in [1.165, 1.54) is 18.4 Å². The van der Waals surface area contributed by atoms with Crippen molar-refractivity contribution in [3.63, 3.8) is 0 Å². The molecule has 4 heterocycles. The number of rotatable bonds is 6. The molecular weight excluding hydrogens is 478 g/mol. The fraction of sp³-hybridized carbons (Fsp3) is 0.391. The van der Waals surface area contributed by atoms with Crippen molar-refractivity contribution in [3.05, 3.63) is 40.2 Å². The molecule has 0 aliphatic carbocycles. The fourth-order valence-corrected chi connectivity index (χ4v) is 5.88. The molecule has 0 radical (unpaired) electrons. The van der Waals surface area contributed by atoms with Gasteiger partial charge in [0, 0.05) is 22.6 Å². The zero-order chi connectivity index (χ0) is 24.3. The van der Waals surface area contributed by atoms with Gasteiger partial charge in [-0.25, -0.2) is 13.1 Å². The highest BCUT2D eigenvalue weighted by Gasteiger charge is 2.38. The molecule has 0 atom stereocenters. The summed E-state index contributed by atoms with van der Waals surface area (Å²) in [5, 5.41) is 10.8. The standard InChI is InChI=1S/C23H25N3O6S2/c1-13(2)34(28,29)19-7-15-17(8-18(19)30-4)32-9-16-20(22(27)24-23(3)11-31-12-23)25-26(21(15)16)14-5-6-33-10-14/h5-8,10,13H,9,11-12H2,1-4H3,(H,24,27). The Balaban J connectivity index is 1.72. The molecule has 0 spiro atoms. The molecular formula is C23H25N3O6S2. The number of amides is 1. The van der Waals surface area contributed by atoms with Gasteiger partial charge in [-0.15, -0.1) is 0 Å². The zero-order valence-corrected chi connectivity index (χ0v) is 20.9. The van der Waals surface area contributed by atoms with E-state index in [0.717, 1.165) is 5.69 Å². The summed E-state index contributed by atoms with van der Waals surface area (Å²) >= 11 is 1.50. The highest BCUT2D eigenvalue weighted by molar-refractivity contribution is 7.92. The third-order valence-electron chi connectivity index (χ3n) is 6.03. The SMILES string of the molecule is COc1cc2c(cc1S(=O)(=O)C(C)C)-c1c(c(C(=O)NC3(C)COC3)nn1-c1ccsc1)CO2. The second-order valence-electron chi connectivity index (χ2n) is 8.96. The van der Waals surface area contributed by atoms with Gasteiger partial charge in [0.05, 0.1) is 42.5 Å². The molecule has 34 heavy (non-hydrogen) atoms. The molecule has 5 rings (SSSR count). The molecule has 1 N–H and O–H groups in total. The van der Waals surface area contributed by atoms with Crippen molar-refractivity contribution < 1.29 is 27.4 Å². The number of ether oxygens (including phenoxy) is 3. The Bertz CT molecular complexity index is 1370. The minimum Gasteiger partial charge on any atom is -0.495 e. The third-order valence-corrected chi connectivity index (χ3v) is 8.87. The fourth-order valence-electron chi connectivity index (χ4n) is 4.06. The summed E-state index contributed by atoms with van der Waals surface area (Å²) in [6, 6.07) is 5.05. The highest BCUT2D eigenvalue weighted by atomic mass is 32.2. The van der Waals surface area contributed by atoms with E-state index in [4.69, 9.17) is 14.2 Å². The smallest absolute Gasteiger partial charge is 0.272 e. The summed E-state index contributed by atoms with van der Waals surface area (Å²) in [4.78, 5) is 13.3. The van der Waals surface area contributed by atoms with E-state index >= 15 is 0 Å². The lowest BCUT2D eigenvalue weighted by atomic mass is 9.99. The number of benzene rings is 1. The summed E-state index contributed by atoms with van der Waals surface area (Å²) in [7, 11) is -2.22. The minimum atomic E-state index is -3.65. The molecule has 0 unspecified atom stereocenters. The maximum absolute atomic E-state index is 13.2. The molecule has 11 heteroatoms. The van der Waals surface area contributed by atoms with Crippen LogP contribution in [0.15, 0.2) is 33.9 Å².